The number of nitrogens with one attached hydrogen (secondary N) is 1. The second-order valence-electron chi connectivity index (χ2n) is 6.47. The summed E-state index contributed by atoms with van der Waals surface area (Å²) in [5, 5.41) is 3.19. The average molecular weight is 393 g/mol. The maximum atomic E-state index is 12.8. The van der Waals surface area contributed by atoms with Gasteiger partial charge in [0.05, 0.1) is 5.69 Å². The fourth-order valence-electron chi connectivity index (χ4n) is 3.34. The van der Waals surface area contributed by atoms with Gasteiger partial charge in [0.1, 0.15) is 5.70 Å². The van der Waals surface area contributed by atoms with Crippen LogP contribution in [0.5, 0.6) is 0 Å². The van der Waals surface area contributed by atoms with Crippen LogP contribution in [0.2, 0.25) is 5.02 Å². The molecule has 0 atom stereocenters. The highest BCUT2D eigenvalue weighted by atomic mass is 35.5. The SMILES string of the molecule is Cc1cc(C=C2NC(=O)N(c3ccc(Cl)cc3)C2=O)c(C)n1-c1ccncc1. The first-order valence-electron chi connectivity index (χ1n) is 8.68. The molecule has 3 heterocycles. The zero-order valence-electron chi connectivity index (χ0n) is 15.3. The molecule has 3 aromatic rings. The standard InChI is InChI=1S/C21H17ClN4O2/c1-13-11-15(14(2)25(13)18-7-9-23-10-8-18)12-19-20(27)26(21(28)24-19)17-5-3-16(22)4-6-17/h3-12H,1-2H3,(H,24,28). The number of halogens is 1. The van der Waals surface area contributed by atoms with Gasteiger partial charge in [0.2, 0.25) is 0 Å². The van der Waals surface area contributed by atoms with Crippen LogP contribution >= 0.6 is 11.6 Å². The summed E-state index contributed by atoms with van der Waals surface area (Å²) in [5.74, 6) is -0.402. The van der Waals surface area contributed by atoms with Crippen LogP contribution in [0, 0.1) is 13.8 Å². The summed E-state index contributed by atoms with van der Waals surface area (Å²) in [5.41, 5.74) is 4.52. The first-order chi connectivity index (χ1) is 13.5. The first kappa shape index (κ1) is 18.0. The minimum Gasteiger partial charge on any atom is -0.318 e. The number of hydrogen-bond acceptors (Lipinski definition) is 3. The van der Waals surface area contributed by atoms with E-state index in [0.717, 1.165) is 27.5 Å². The van der Waals surface area contributed by atoms with E-state index < -0.39 is 11.9 Å². The number of nitrogens with zero attached hydrogens (tertiary/aromatic N) is 3. The normalized spacial score (nSPS) is 15.4. The van der Waals surface area contributed by atoms with Crippen molar-refractivity contribution in [1.29, 1.82) is 0 Å². The number of urea groups is 1. The molecule has 1 aromatic carbocycles. The minimum absolute atomic E-state index is 0.231. The third kappa shape index (κ3) is 3.08. The van der Waals surface area contributed by atoms with Crippen LogP contribution in [0.25, 0.3) is 11.8 Å². The van der Waals surface area contributed by atoms with Gasteiger partial charge in [-0.1, -0.05) is 11.6 Å². The van der Waals surface area contributed by atoms with E-state index in [1.165, 1.54) is 0 Å². The summed E-state index contributed by atoms with van der Waals surface area (Å²) in [6, 6.07) is 11.9. The molecule has 0 aliphatic carbocycles. The molecule has 0 bridgehead atoms. The lowest BCUT2D eigenvalue weighted by molar-refractivity contribution is -0.113. The van der Waals surface area contributed by atoms with Crippen LogP contribution in [-0.4, -0.2) is 21.5 Å². The van der Waals surface area contributed by atoms with Gasteiger partial charge in [0.15, 0.2) is 0 Å². The Balaban J connectivity index is 1.70. The number of hydrogen-bond donors (Lipinski definition) is 1. The number of rotatable bonds is 3. The average Bonchev–Trinajstić information content (AvgIpc) is 3.12. The maximum absolute atomic E-state index is 12.8. The smallest absolute Gasteiger partial charge is 0.318 e. The third-order valence-electron chi connectivity index (χ3n) is 4.65. The number of amides is 3. The van der Waals surface area contributed by atoms with E-state index in [4.69, 9.17) is 11.6 Å². The van der Waals surface area contributed by atoms with E-state index in [2.05, 4.69) is 14.9 Å². The summed E-state index contributed by atoms with van der Waals surface area (Å²) < 4.78 is 2.08. The second-order valence-corrected chi connectivity index (χ2v) is 6.91. The van der Waals surface area contributed by atoms with Crippen LogP contribution in [0.1, 0.15) is 17.0 Å². The number of carbonyl (C=O) groups is 2. The van der Waals surface area contributed by atoms with E-state index in [9.17, 15) is 9.59 Å². The fourth-order valence-corrected chi connectivity index (χ4v) is 3.47. The third-order valence-corrected chi connectivity index (χ3v) is 4.91. The highest BCUT2D eigenvalue weighted by Gasteiger charge is 2.35. The molecular formula is C21H17ClN4O2. The zero-order valence-corrected chi connectivity index (χ0v) is 16.1. The van der Waals surface area contributed by atoms with Gasteiger partial charge in [-0.25, -0.2) is 9.69 Å². The number of imide groups is 1. The van der Waals surface area contributed by atoms with Crippen molar-refractivity contribution in [3.63, 3.8) is 0 Å². The second kappa shape index (κ2) is 6.98. The molecule has 140 valence electrons. The van der Waals surface area contributed by atoms with E-state index in [1.807, 2.05) is 32.0 Å². The Morgan fingerprint density at radius 1 is 1.00 bits per heavy atom. The van der Waals surface area contributed by atoms with E-state index >= 15 is 0 Å². The Labute approximate surface area is 167 Å². The molecule has 1 N–H and O–H groups in total. The molecule has 1 saturated heterocycles. The van der Waals surface area contributed by atoms with Crippen molar-refractivity contribution in [3.05, 3.63) is 82.5 Å². The summed E-state index contributed by atoms with van der Waals surface area (Å²) in [6.45, 7) is 3.96. The molecule has 7 heteroatoms. The molecule has 0 radical (unpaired) electrons. The quantitative estimate of drug-likeness (QED) is 0.535. The Bertz CT molecular complexity index is 1100. The molecule has 0 unspecified atom stereocenters. The molecule has 28 heavy (non-hydrogen) atoms. The molecular weight excluding hydrogens is 376 g/mol. The van der Waals surface area contributed by atoms with Gasteiger partial charge in [0.25, 0.3) is 5.91 Å². The van der Waals surface area contributed by atoms with E-state index in [-0.39, 0.29) is 5.70 Å². The summed E-state index contributed by atoms with van der Waals surface area (Å²) in [7, 11) is 0. The Kier molecular flexibility index (Phi) is 4.49. The topological polar surface area (TPSA) is 67.2 Å². The highest BCUT2D eigenvalue weighted by molar-refractivity contribution is 6.31. The van der Waals surface area contributed by atoms with Gasteiger partial charge < -0.3 is 9.88 Å². The molecule has 3 amide bonds. The monoisotopic (exact) mass is 392 g/mol. The Hall–Kier alpha value is -3.38. The van der Waals surface area contributed by atoms with Crippen LogP contribution < -0.4 is 10.2 Å². The Morgan fingerprint density at radius 3 is 2.36 bits per heavy atom. The molecule has 1 aliphatic rings. The fraction of sp³-hybridized carbons (Fsp3) is 0.0952. The molecule has 2 aromatic heterocycles. The number of aromatic nitrogens is 2. The van der Waals surface area contributed by atoms with Crippen LogP contribution in [0.3, 0.4) is 0 Å². The van der Waals surface area contributed by atoms with Gasteiger partial charge in [-0.15, -0.1) is 0 Å². The molecule has 4 rings (SSSR count). The molecule has 1 aliphatic heterocycles. The number of anilines is 1. The van der Waals surface area contributed by atoms with E-state index in [0.29, 0.717) is 10.7 Å². The zero-order chi connectivity index (χ0) is 19.8. The summed E-state index contributed by atoms with van der Waals surface area (Å²) in [6.07, 6.45) is 5.17. The van der Waals surface area contributed by atoms with Crippen molar-refractivity contribution in [2.45, 2.75) is 13.8 Å². The highest BCUT2D eigenvalue weighted by Crippen LogP contribution is 2.26. The molecule has 6 nitrogen and oxygen atoms in total. The van der Waals surface area contributed by atoms with Gasteiger partial charge in [-0.3, -0.25) is 9.78 Å². The van der Waals surface area contributed by atoms with Crippen molar-refractivity contribution < 1.29 is 9.59 Å². The number of aryl methyl sites for hydroxylation is 1. The molecule has 0 spiro atoms. The number of pyridine rings is 1. The molecule has 0 saturated carbocycles. The Morgan fingerprint density at radius 2 is 1.68 bits per heavy atom. The lowest BCUT2D eigenvalue weighted by Crippen LogP contribution is -2.30. The van der Waals surface area contributed by atoms with Crippen molar-refractivity contribution in [2.24, 2.45) is 0 Å². The largest absolute Gasteiger partial charge is 0.333 e. The van der Waals surface area contributed by atoms with Gasteiger partial charge in [0, 0.05) is 34.5 Å². The van der Waals surface area contributed by atoms with E-state index in [1.54, 1.807) is 42.7 Å². The maximum Gasteiger partial charge on any atom is 0.333 e. The predicted octanol–water partition coefficient (Wildman–Crippen LogP) is 4.24. The van der Waals surface area contributed by atoms with Crippen molar-refractivity contribution in [3.8, 4) is 5.69 Å². The summed E-state index contributed by atoms with van der Waals surface area (Å²) >= 11 is 5.89. The van der Waals surface area contributed by atoms with Crippen molar-refractivity contribution in [2.75, 3.05) is 4.90 Å². The van der Waals surface area contributed by atoms with Crippen LogP contribution in [0.4, 0.5) is 10.5 Å². The number of benzene rings is 1. The predicted molar refractivity (Wildman–Crippen MR) is 108 cm³/mol. The minimum atomic E-state index is -0.485. The van der Waals surface area contributed by atoms with Gasteiger partial charge >= 0.3 is 6.03 Å². The first-order valence-corrected chi connectivity index (χ1v) is 9.05. The van der Waals surface area contributed by atoms with Crippen LogP contribution in [0.15, 0.2) is 60.6 Å². The molecule has 1 fully saturated rings. The lowest BCUT2D eigenvalue weighted by atomic mass is 10.2. The van der Waals surface area contributed by atoms with Crippen LogP contribution in [-0.2, 0) is 4.79 Å². The van der Waals surface area contributed by atoms with Crippen molar-refractivity contribution in [1.82, 2.24) is 14.9 Å². The summed E-state index contributed by atoms with van der Waals surface area (Å²) in [4.78, 5) is 30.3. The van der Waals surface area contributed by atoms with Crippen molar-refractivity contribution >= 4 is 35.3 Å². The number of carbonyl (C=O) groups excluding carboxylic acids is 2. The van der Waals surface area contributed by atoms with Gasteiger partial charge in [-0.2, -0.15) is 0 Å². The lowest BCUT2D eigenvalue weighted by Gasteiger charge is -2.11. The van der Waals surface area contributed by atoms with Gasteiger partial charge in [-0.05, 0) is 68.0 Å².